The van der Waals surface area contributed by atoms with Crippen molar-refractivity contribution in [3.63, 3.8) is 0 Å². The highest BCUT2D eigenvalue weighted by molar-refractivity contribution is 5.89. The van der Waals surface area contributed by atoms with E-state index in [0.29, 0.717) is 18.1 Å². The molecule has 2 aliphatic carbocycles. The van der Waals surface area contributed by atoms with Crippen LogP contribution in [0.15, 0.2) is 24.3 Å². The van der Waals surface area contributed by atoms with E-state index in [0.717, 1.165) is 38.5 Å². The Labute approximate surface area is 121 Å². The third-order valence-corrected chi connectivity index (χ3v) is 5.23. The van der Waals surface area contributed by atoms with Gasteiger partial charge in [0.05, 0.1) is 5.54 Å². The maximum absolute atomic E-state index is 12.7. The van der Waals surface area contributed by atoms with Crippen molar-refractivity contribution >= 4 is 5.78 Å². The molecule has 0 radical (unpaired) electrons. The lowest BCUT2D eigenvalue weighted by molar-refractivity contribution is -0.125. The molecule has 0 saturated heterocycles. The largest absolute Gasteiger partial charge is 0.319 e. The van der Waals surface area contributed by atoms with Gasteiger partial charge in [0.2, 0.25) is 0 Å². The first-order valence-electron chi connectivity index (χ1n) is 8.09. The summed E-state index contributed by atoms with van der Waals surface area (Å²) in [6.07, 6.45) is 9.39. The number of aryl methyl sites for hydroxylation is 1. The molecule has 0 bridgehead atoms. The Morgan fingerprint density at radius 3 is 2.70 bits per heavy atom. The van der Waals surface area contributed by atoms with Gasteiger partial charge in [-0.3, -0.25) is 4.79 Å². The quantitative estimate of drug-likeness (QED) is 0.910. The van der Waals surface area contributed by atoms with E-state index in [1.807, 2.05) is 0 Å². The van der Waals surface area contributed by atoms with Gasteiger partial charge in [0.1, 0.15) is 0 Å². The Morgan fingerprint density at radius 2 is 1.90 bits per heavy atom. The molecule has 1 atom stereocenters. The molecule has 1 unspecified atom stereocenters. The zero-order chi connectivity index (χ0) is 14.0. The Morgan fingerprint density at radius 1 is 1.15 bits per heavy atom. The van der Waals surface area contributed by atoms with E-state index in [-0.39, 0.29) is 0 Å². The standard InChI is InChI=1S/C18H25NO/c19-18(11-4-1-5-12-18)17(20)13-15-9-6-8-14-7-2-3-10-16(14)15/h2-3,7,10,15H,1,4-6,8-9,11-13,19H2. The number of fused-ring (bicyclic) bond motifs is 1. The predicted molar refractivity (Wildman–Crippen MR) is 81.7 cm³/mol. The molecule has 2 nitrogen and oxygen atoms in total. The van der Waals surface area contributed by atoms with Gasteiger partial charge in [0.15, 0.2) is 5.78 Å². The van der Waals surface area contributed by atoms with Crippen LogP contribution in [0, 0.1) is 0 Å². The van der Waals surface area contributed by atoms with E-state index in [2.05, 4.69) is 24.3 Å². The highest BCUT2D eigenvalue weighted by Crippen LogP contribution is 2.36. The lowest BCUT2D eigenvalue weighted by atomic mass is 9.73. The van der Waals surface area contributed by atoms with Gasteiger partial charge in [-0.2, -0.15) is 0 Å². The molecule has 0 spiro atoms. The molecule has 2 N–H and O–H groups in total. The van der Waals surface area contributed by atoms with Crippen molar-refractivity contribution in [2.24, 2.45) is 5.73 Å². The van der Waals surface area contributed by atoms with Crippen LogP contribution < -0.4 is 5.73 Å². The van der Waals surface area contributed by atoms with Crippen LogP contribution in [0.3, 0.4) is 0 Å². The van der Waals surface area contributed by atoms with Crippen LogP contribution in [0.1, 0.15) is 68.4 Å². The summed E-state index contributed by atoms with van der Waals surface area (Å²) in [6, 6.07) is 8.62. The Hall–Kier alpha value is -1.15. The van der Waals surface area contributed by atoms with Crippen molar-refractivity contribution < 1.29 is 4.79 Å². The Bertz CT molecular complexity index is 488. The summed E-state index contributed by atoms with van der Waals surface area (Å²) in [6.45, 7) is 0. The number of hydrogen-bond donors (Lipinski definition) is 1. The molecular weight excluding hydrogens is 246 g/mol. The van der Waals surface area contributed by atoms with Crippen molar-refractivity contribution in [1.29, 1.82) is 0 Å². The van der Waals surface area contributed by atoms with Gasteiger partial charge >= 0.3 is 0 Å². The first kappa shape index (κ1) is 13.8. The molecular formula is C18H25NO. The van der Waals surface area contributed by atoms with Crippen LogP contribution in [-0.2, 0) is 11.2 Å². The number of carbonyl (C=O) groups is 1. The number of benzene rings is 1. The molecule has 0 heterocycles. The fraction of sp³-hybridized carbons (Fsp3) is 0.611. The molecule has 1 aromatic carbocycles. The molecule has 1 aromatic rings. The van der Waals surface area contributed by atoms with Crippen molar-refractivity contribution in [2.75, 3.05) is 0 Å². The highest BCUT2D eigenvalue weighted by atomic mass is 16.1. The van der Waals surface area contributed by atoms with Crippen LogP contribution in [-0.4, -0.2) is 11.3 Å². The molecule has 1 saturated carbocycles. The first-order chi connectivity index (χ1) is 9.69. The number of carbonyl (C=O) groups excluding carboxylic acids is 1. The average molecular weight is 271 g/mol. The van der Waals surface area contributed by atoms with E-state index >= 15 is 0 Å². The van der Waals surface area contributed by atoms with E-state index in [1.54, 1.807) is 0 Å². The number of ketones is 1. The molecule has 2 aliphatic rings. The van der Waals surface area contributed by atoms with E-state index in [1.165, 1.54) is 24.0 Å². The molecule has 108 valence electrons. The number of rotatable bonds is 3. The van der Waals surface area contributed by atoms with Crippen LogP contribution >= 0.6 is 0 Å². The summed E-state index contributed by atoms with van der Waals surface area (Å²) in [4.78, 5) is 12.7. The fourth-order valence-electron chi connectivity index (χ4n) is 3.96. The minimum atomic E-state index is -0.523. The Kier molecular flexibility index (Phi) is 3.93. The van der Waals surface area contributed by atoms with Crippen molar-refractivity contribution in [2.45, 2.75) is 69.2 Å². The fourth-order valence-corrected chi connectivity index (χ4v) is 3.96. The maximum Gasteiger partial charge on any atom is 0.153 e. The molecule has 0 aromatic heterocycles. The van der Waals surface area contributed by atoms with Gasteiger partial charge in [0.25, 0.3) is 0 Å². The number of hydrogen-bond acceptors (Lipinski definition) is 2. The van der Waals surface area contributed by atoms with Gasteiger partial charge in [0, 0.05) is 6.42 Å². The summed E-state index contributed by atoms with van der Waals surface area (Å²) in [5.41, 5.74) is 8.70. The molecule has 0 amide bonds. The van der Waals surface area contributed by atoms with Gasteiger partial charge in [-0.1, -0.05) is 43.5 Å². The van der Waals surface area contributed by atoms with Gasteiger partial charge in [-0.25, -0.2) is 0 Å². The number of Topliss-reactive ketones (excluding diaryl/α,β-unsaturated/α-hetero) is 1. The molecule has 20 heavy (non-hydrogen) atoms. The summed E-state index contributed by atoms with van der Waals surface area (Å²) in [7, 11) is 0. The second-order valence-electron chi connectivity index (χ2n) is 6.63. The topological polar surface area (TPSA) is 43.1 Å². The zero-order valence-electron chi connectivity index (χ0n) is 12.2. The van der Waals surface area contributed by atoms with Gasteiger partial charge in [-0.15, -0.1) is 0 Å². The summed E-state index contributed by atoms with van der Waals surface area (Å²) < 4.78 is 0. The van der Waals surface area contributed by atoms with Gasteiger partial charge in [-0.05, 0) is 49.1 Å². The van der Waals surface area contributed by atoms with Crippen LogP contribution in [0.5, 0.6) is 0 Å². The van der Waals surface area contributed by atoms with Crippen molar-refractivity contribution in [3.05, 3.63) is 35.4 Å². The van der Waals surface area contributed by atoms with E-state index < -0.39 is 5.54 Å². The van der Waals surface area contributed by atoms with Crippen LogP contribution in [0.25, 0.3) is 0 Å². The molecule has 2 heteroatoms. The molecule has 0 aliphatic heterocycles. The first-order valence-corrected chi connectivity index (χ1v) is 8.09. The SMILES string of the molecule is NC1(C(=O)CC2CCCc3ccccc32)CCCCC1. The van der Waals surface area contributed by atoms with Gasteiger partial charge < -0.3 is 5.73 Å². The second kappa shape index (κ2) is 5.69. The summed E-state index contributed by atoms with van der Waals surface area (Å²) in [5, 5.41) is 0. The van der Waals surface area contributed by atoms with Crippen LogP contribution in [0.2, 0.25) is 0 Å². The normalized spacial score (nSPS) is 24.9. The smallest absolute Gasteiger partial charge is 0.153 e. The maximum atomic E-state index is 12.7. The molecule has 1 fully saturated rings. The number of nitrogens with two attached hydrogens (primary N) is 1. The van der Waals surface area contributed by atoms with Crippen molar-refractivity contribution in [1.82, 2.24) is 0 Å². The third kappa shape index (κ3) is 2.67. The lowest BCUT2D eigenvalue weighted by Crippen LogP contribution is -2.49. The second-order valence-corrected chi connectivity index (χ2v) is 6.63. The highest BCUT2D eigenvalue weighted by Gasteiger charge is 2.36. The Balaban J connectivity index is 1.74. The molecule has 3 rings (SSSR count). The van der Waals surface area contributed by atoms with E-state index in [9.17, 15) is 4.79 Å². The summed E-state index contributed by atoms with van der Waals surface area (Å²) >= 11 is 0. The minimum Gasteiger partial charge on any atom is -0.319 e. The average Bonchev–Trinajstić information content (AvgIpc) is 2.48. The van der Waals surface area contributed by atoms with E-state index in [4.69, 9.17) is 5.73 Å². The third-order valence-electron chi connectivity index (χ3n) is 5.23. The monoisotopic (exact) mass is 271 g/mol. The zero-order valence-corrected chi connectivity index (χ0v) is 12.2. The lowest BCUT2D eigenvalue weighted by Gasteiger charge is -2.34. The summed E-state index contributed by atoms with van der Waals surface area (Å²) in [5.74, 6) is 0.703. The predicted octanol–water partition coefficient (Wildman–Crippen LogP) is 3.73. The van der Waals surface area contributed by atoms with Crippen LogP contribution in [0.4, 0.5) is 0 Å². The minimum absolute atomic E-state index is 0.305. The van der Waals surface area contributed by atoms with Crippen molar-refractivity contribution in [3.8, 4) is 0 Å².